The van der Waals surface area contributed by atoms with Crippen LogP contribution in [0.1, 0.15) is 49.7 Å². The van der Waals surface area contributed by atoms with E-state index in [1.54, 1.807) is 7.11 Å². The predicted molar refractivity (Wildman–Crippen MR) is 77.0 cm³/mol. The zero-order chi connectivity index (χ0) is 14.2. The van der Waals surface area contributed by atoms with E-state index in [2.05, 4.69) is 12.1 Å². The Labute approximate surface area is 120 Å². The van der Waals surface area contributed by atoms with Crippen LogP contribution in [0.15, 0.2) is 24.3 Å². The number of hydrogen-bond acceptors (Lipinski definition) is 2. The van der Waals surface area contributed by atoms with Gasteiger partial charge >= 0.3 is 5.97 Å². The van der Waals surface area contributed by atoms with Crippen LogP contribution in [0.3, 0.4) is 0 Å². The maximum Gasteiger partial charge on any atom is 0.314 e. The Morgan fingerprint density at radius 1 is 1.20 bits per heavy atom. The third-order valence-electron chi connectivity index (χ3n) is 5.17. The lowest BCUT2D eigenvalue weighted by Crippen LogP contribution is -2.33. The van der Waals surface area contributed by atoms with E-state index in [1.165, 1.54) is 5.56 Å². The zero-order valence-corrected chi connectivity index (χ0v) is 12.0. The highest BCUT2D eigenvalue weighted by atomic mass is 16.5. The SMILES string of the molecule is COCC1(c2cccc(C3(C(=O)O)CCCC3)c2)CC1. The minimum absolute atomic E-state index is 0.142. The lowest BCUT2D eigenvalue weighted by molar-refractivity contribution is -0.143. The molecule has 0 radical (unpaired) electrons. The predicted octanol–water partition coefficient (Wildman–Crippen LogP) is 3.26. The summed E-state index contributed by atoms with van der Waals surface area (Å²) in [5.41, 5.74) is 1.73. The third kappa shape index (κ3) is 2.05. The molecule has 3 heteroatoms. The molecule has 2 aliphatic carbocycles. The average molecular weight is 274 g/mol. The zero-order valence-electron chi connectivity index (χ0n) is 12.0. The van der Waals surface area contributed by atoms with Gasteiger partial charge < -0.3 is 9.84 Å². The van der Waals surface area contributed by atoms with Crippen molar-refractivity contribution in [3.8, 4) is 0 Å². The van der Waals surface area contributed by atoms with Crippen LogP contribution in [0.2, 0.25) is 0 Å². The summed E-state index contributed by atoms with van der Waals surface area (Å²) in [6, 6.07) is 8.26. The van der Waals surface area contributed by atoms with Crippen LogP contribution < -0.4 is 0 Å². The van der Waals surface area contributed by atoms with E-state index in [-0.39, 0.29) is 5.41 Å². The Hall–Kier alpha value is -1.35. The Morgan fingerprint density at radius 2 is 1.85 bits per heavy atom. The Bertz CT molecular complexity index is 511. The first-order valence-electron chi connectivity index (χ1n) is 7.46. The smallest absolute Gasteiger partial charge is 0.314 e. The fraction of sp³-hybridized carbons (Fsp3) is 0.588. The van der Waals surface area contributed by atoms with Crippen LogP contribution in [0, 0.1) is 0 Å². The molecule has 0 aliphatic heterocycles. The molecule has 2 fully saturated rings. The number of rotatable bonds is 5. The minimum Gasteiger partial charge on any atom is -0.481 e. The van der Waals surface area contributed by atoms with Gasteiger partial charge in [0.2, 0.25) is 0 Å². The van der Waals surface area contributed by atoms with E-state index in [4.69, 9.17) is 4.74 Å². The Morgan fingerprint density at radius 3 is 2.40 bits per heavy atom. The summed E-state index contributed by atoms with van der Waals surface area (Å²) in [6.07, 6.45) is 5.85. The second-order valence-electron chi connectivity index (χ2n) is 6.39. The van der Waals surface area contributed by atoms with Gasteiger partial charge in [0.05, 0.1) is 12.0 Å². The summed E-state index contributed by atoms with van der Waals surface area (Å²) in [5.74, 6) is -0.663. The Balaban J connectivity index is 1.97. The van der Waals surface area contributed by atoms with Crippen molar-refractivity contribution in [1.82, 2.24) is 0 Å². The third-order valence-corrected chi connectivity index (χ3v) is 5.17. The van der Waals surface area contributed by atoms with Crippen molar-refractivity contribution in [2.75, 3.05) is 13.7 Å². The molecule has 0 atom stereocenters. The first-order chi connectivity index (χ1) is 9.63. The van der Waals surface area contributed by atoms with Gasteiger partial charge in [-0.3, -0.25) is 4.79 Å². The van der Waals surface area contributed by atoms with E-state index in [0.717, 1.165) is 50.7 Å². The minimum atomic E-state index is -0.663. The topological polar surface area (TPSA) is 46.5 Å². The van der Waals surface area contributed by atoms with Crippen molar-refractivity contribution in [3.05, 3.63) is 35.4 Å². The summed E-state index contributed by atoms with van der Waals surface area (Å²) in [4.78, 5) is 11.8. The molecule has 0 unspecified atom stereocenters. The monoisotopic (exact) mass is 274 g/mol. The summed E-state index contributed by atoms with van der Waals surface area (Å²) >= 11 is 0. The molecule has 3 nitrogen and oxygen atoms in total. The van der Waals surface area contributed by atoms with Gasteiger partial charge in [0, 0.05) is 12.5 Å². The average Bonchev–Trinajstić information content (AvgIpc) is 3.05. The number of carbonyl (C=O) groups is 1. The molecule has 1 aromatic carbocycles. The summed E-state index contributed by atoms with van der Waals surface area (Å²) < 4.78 is 5.35. The molecule has 108 valence electrons. The number of aliphatic carboxylic acids is 1. The highest BCUT2D eigenvalue weighted by molar-refractivity contribution is 5.82. The van der Waals surface area contributed by atoms with Crippen molar-refractivity contribution >= 4 is 5.97 Å². The quantitative estimate of drug-likeness (QED) is 0.896. The molecule has 20 heavy (non-hydrogen) atoms. The fourth-order valence-electron chi connectivity index (χ4n) is 3.69. The van der Waals surface area contributed by atoms with Gasteiger partial charge in [0.25, 0.3) is 0 Å². The molecular weight excluding hydrogens is 252 g/mol. The lowest BCUT2D eigenvalue weighted by Gasteiger charge is -2.26. The molecule has 1 N–H and O–H groups in total. The standard InChI is InChI=1S/C17H22O3/c1-20-12-16(9-10-16)13-5-4-6-14(11-13)17(15(18)19)7-2-3-8-17/h4-6,11H,2-3,7-10,12H2,1H3,(H,18,19). The number of carboxylic acid groups (broad SMARTS) is 1. The van der Waals surface area contributed by atoms with Crippen LogP contribution >= 0.6 is 0 Å². The number of methoxy groups -OCH3 is 1. The largest absolute Gasteiger partial charge is 0.481 e. The number of hydrogen-bond donors (Lipinski definition) is 1. The highest BCUT2D eigenvalue weighted by Gasteiger charge is 2.47. The van der Waals surface area contributed by atoms with Gasteiger partial charge in [-0.15, -0.1) is 0 Å². The van der Waals surface area contributed by atoms with Crippen LogP contribution in [0.5, 0.6) is 0 Å². The highest BCUT2D eigenvalue weighted by Crippen LogP contribution is 2.50. The van der Waals surface area contributed by atoms with Gasteiger partial charge in [0.15, 0.2) is 0 Å². The van der Waals surface area contributed by atoms with E-state index >= 15 is 0 Å². The normalized spacial score (nSPS) is 22.6. The maximum atomic E-state index is 11.8. The molecule has 0 saturated heterocycles. The number of carboxylic acids is 1. The molecule has 0 spiro atoms. The molecule has 1 aromatic rings. The summed E-state index contributed by atoms with van der Waals surface area (Å²) in [5, 5.41) is 9.71. The summed E-state index contributed by atoms with van der Waals surface area (Å²) in [6.45, 7) is 0.733. The molecule has 0 amide bonds. The second-order valence-corrected chi connectivity index (χ2v) is 6.39. The summed E-state index contributed by atoms with van der Waals surface area (Å²) in [7, 11) is 1.74. The molecule has 2 aliphatic rings. The lowest BCUT2D eigenvalue weighted by atomic mass is 9.77. The van der Waals surface area contributed by atoms with Crippen molar-refractivity contribution in [3.63, 3.8) is 0 Å². The van der Waals surface area contributed by atoms with Crippen molar-refractivity contribution in [2.24, 2.45) is 0 Å². The molecule has 0 heterocycles. The van der Waals surface area contributed by atoms with Gasteiger partial charge in [0.1, 0.15) is 0 Å². The number of ether oxygens (including phenoxy) is 1. The van der Waals surface area contributed by atoms with Gasteiger partial charge in [-0.05, 0) is 36.8 Å². The van der Waals surface area contributed by atoms with Gasteiger partial charge in [-0.2, -0.15) is 0 Å². The van der Waals surface area contributed by atoms with E-state index in [9.17, 15) is 9.90 Å². The van der Waals surface area contributed by atoms with Crippen LogP contribution in [-0.2, 0) is 20.4 Å². The second kappa shape index (κ2) is 4.88. The Kier molecular flexibility index (Phi) is 3.33. The van der Waals surface area contributed by atoms with Gasteiger partial charge in [-0.1, -0.05) is 37.1 Å². The number of benzene rings is 1. The van der Waals surface area contributed by atoms with Crippen LogP contribution in [-0.4, -0.2) is 24.8 Å². The molecule has 2 saturated carbocycles. The first kappa shape index (κ1) is 13.6. The van der Waals surface area contributed by atoms with Crippen molar-refractivity contribution in [2.45, 2.75) is 49.4 Å². The van der Waals surface area contributed by atoms with E-state index in [0.29, 0.717) is 0 Å². The molecule has 0 bridgehead atoms. The molecular formula is C17H22O3. The maximum absolute atomic E-state index is 11.8. The van der Waals surface area contributed by atoms with Gasteiger partial charge in [-0.25, -0.2) is 0 Å². The van der Waals surface area contributed by atoms with Crippen molar-refractivity contribution in [1.29, 1.82) is 0 Å². The first-order valence-corrected chi connectivity index (χ1v) is 7.46. The molecule has 0 aromatic heterocycles. The van der Waals surface area contributed by atoms with Crippen LogP contribution in [0.25, 0.3) is 0 Å². The molecule has 3 rings (SSSR count). The van der Waals surface area contributed by atoms with E-state index < -0.39 is 11.4 Å². The van der Waals surface area contributed by atoms with Crippen molar-refractivity contribution < 1.29 is 14.6 Å². The van der Waals surface area contributed by atoms with E-state index in [1.807, 2.05) is 12.1 Å². The fourth-order valence-corrected chi connectivity index (χ4v) is 3.69. The van der Waals surface area contributed by atoms with Crippen LogP contribution in [0.4, 0.5) is 0 Å².